The molecule has 1 aliphatic heterocycles. The van der Waals surface area contributed by atoms with Gasteiger partial charge < -0.3 is 19.2 Å². The SMILES string of the molecule is CCCOc1c(C(=O)OCCN2CCCCC2)[nH]c2cc(CC)cc(OC(C)C)c12. The minimum Gasteiger partial charge on any atom is -0.490 e. The lowest BCUT2D eigenvalue weighted by molar-refractivity contribution is 0.0442. The molecule has 0 bridgehead atoms. The fraction of sp³-hybridized carbons (Fsp3) is 0.625. The first-order chi connectivity index (χ1) is 14.5. The number of nitrogens with one attached hydrogen (secondary N) is 1. The van der Waals surface area contributed by atoms with Crippen LogP contribution in [0.5, 0.6) is 11.5 Å². The molecule has 2 aromatic rings. The van der Waals surface area contributed by atoms with E-state index in [4.69, 9.17) is 14.2 Å². The molecule has 1 saturated heterocycles. The number of nitrogens with zero attached hydrogens (tertiary/aromatic N) is 1. The summed E-state index contributed by atoms with van der Waals surface area (Å²) in [7, 11) is 0. The Balaban J connectivity index is 1.86. The van der Waals surface area contributed by atoms with Crippen LogP contribution in [0.4, 0.5) is 0 Å². The minimum absolute atomic E-state index is 0.0224. The molecule has 6 heteroatoms. The summed E-state index contributed by atoms with van der Waals surface area (Å²) >= 11 is 0. The van der Waals surface area contributed by atoms with Crippen LogP contribution in [0.15, 0.2) is 12.1 Å². The van der Waals surface area contributed by atoms with E-state index >= 15 is 0 Å². The van der Waals surface area contributed by atoms with Crippen molar-refractivity contribution in [2.75, 3.05) is 32.8 Å². The van der Waals surface area contributed by atoms with Crippen molar-refractivity contribution in [3.8, 4) is 11.5 Å². The Bertz CT molecular complexity index is 837. The molecule has 166 valence electrons. The monoisotopic (exact) mass is 416 g/mol. The number of rotatable bonds is 10. The van der Waals surface area contributed by atoms with Crippen LogP contribution in [-0.4, -0.2) is 54.8 Å². The molecule has 2 heterocycles. The van der Waals surface area contributed by atoms with Crippen LogP contribution in [-0.2, 0) is 11.2 Å². The van der Waals surface area contributed by atoms with E-state index in [0.717, 1.165) is 54.7 Å². The molecular weight excluding hydrogens is 380 g/mol. The maximum atomic E-state index is 12.9. The van der Waals surface area contributed by atoms with E-state index in [1.54, 1.807) is 0 Å². The lowest BCUT2D eigenvalue weighted by Crippen LogP contribution is -2.33. The number of aromatic nitrogens is 1. The van der Waals surface area contributed by atoms with Gasteiger partial charge in [-0.05, 0) is 70.3 Å². The van der Waals surface area contributed by atoms with Crippen molar-refractivity contribution in [2.45, 2.75) is 65.9 Å². The summed E-state index contributed by atoms with van der Waals surface area (Å²) in [6.07, 6.45) is 5.50. The molecule has 1 aliphatic rings. The maximum absolute atomic E-state index is 12.9. The zero-order chi connectivity index (χ0) is 21.5. The van der Waals surface area contributed by atoms with Crippen LogP contribution < -0.4 is 9.47 Å². The van der Waals surface area contributed by atoms with Gasteiger partial charge in [-0.3, -0.25) is 4.90 Å². The van der Waals surface area contributed by atoms with Gasteiger partial charge in [0.25, 0.3) is 0 Å². The summed E-state index contributed by atoms with van der Waals surface area (Å²) < 4.78 is 17.7. The lowest BCUT2D eigenvalue weighted by atomic mass is 10.1. The van der Waals surface area contributed by atoms with Crippen molar-refractivity contribution < 1.29 is 19.0 Å². The van der Waals surface area contributed by atoms with Crippen LogP contribution in [0.25, 0.3) is 10.9 Å². The fourth-order valence-electron chi connectivity index (χ4n) is 3.89. The predicted molar refractivity (Wildman–Crippen MR) is 120 cm³/mol. The van der Waals surface area contributed by atoms with Crippen LogP contribution in [0.3, 0.4) is 0 Å². The second-order valence-electron chi connectivity index (χ2n) is 8.25. The van der Waals surface area contributed by atoms with Gasteiger partial charge in [0.05, 0.1) is 23.6 Å². The number of aromatic amines is 1. The quantitative estimate of drug-likeness (QED) is 0.555. The first-order valence-corrected chi connectivity index (χ1v) is 11.4. The Kier molecular flexibility index (Phi) is 8.02. The molecular formula is C24H36N2O4. The number of hydrogen-bond acceptors (Lipinski definition) is 5. The van der Waals surface area contributed by atoms with E-state index in [-0.39, 0.29) is 12.1 Å². The Morgan fingerprint density at radius 1 is 1.13 bits per heavy atom. The summed E-state index contributed by atoms with van der Waals surface area (Å²) in [6, 6.07) is 4.10. The van der Waals surface area contributed by atoms with E-state index in [2.05, 4.69) is 22.9 Å². The number of carbonyl (C=O) groups excluding carboxylic acids is 1. The maximum Gasteiger partial charge on any atom is 0.358 e. The molecule has 0 unspecified atom stereocenters. The molecule has 0 saturated carbocycles. The summed E-state index contributed by atoms with van der Waals surface area (Å²) in [4.78, 5) is 18.6. The number of fused-ring (bicyclic) bond motifs is 1. The number of carbonyl (C=O) groups is 1. The molecule has 1 aromatic carbocycles. The van der Waals surface area contributed by atoms with E-state index in [9.17, 15) is 4.79 Å². The zero-order valence-electron chi connectivity index (χ0n) is 18.9. The molecule has 0 aliphatic carbocycles. The average molecular weight is 417 g/mol. The molecule has 30 heavy (non-hydrogen) atoms. The van der Waals surface area contributed by atoms with E-state index in [1.807, 2.05) is 26.8 Å². The van der Waals surface area contributed by atoms with Crippen molar-refractivity contribution in [3.05, 3.63) is 23.4 Å². The highest BCUT2D eigenvalue weighted by Crippen LogP contribution is 2.39. The van der Waals surface area contributed by atoms with Crippen molar-refractivity contribution in [1.82, 2.24) is 9.88 Å². The topological polar surface area (TPSA) is 63.8 Å². The molecule has 1 N–H and O–H groups in total. The van der Waals surface area contributed by atoms with E-state index in [1.165, 1.54) is 19.3 Å². The summed E-state index contributed by atoms with van der Waals surface area (Å²) in [5, 5.41) is 0.817. The first-order valence-electron chi connectivity index (χ1n) is 11.4. The van der Waals surface area contributed by atoms with Crippen LogP contribution >= 0.6 is 0 Å². The van der Waals surface area contributed by atoms with Crippen molar-refractivity contribution in [2.24, 2.45) is 0 Å². The standard InChI is InChI=1S/C24H36N2O4/c1-5-13-28-23-21-19(15-18(6-2)16-20(21)30-17(3)4)25-22(23)24(27)29-14-12-26-10-8-7-9-11-26/h15-17,25H,5-14H2,1-4H3. The van der Waals surface area contributed by atoms with Gasteiger partial charge in [0.15, 0.2) is 11.4 Å². The highest BCUT2D eigenvalue weighted by molar-refractivity contribution is 6.03. The van der Waals surface area contributed by atoms with Crippen molar-refractivity contribution >= 4 is 16.9 Å². The minimum atomic E-state index is -0.372. The lowest BCUT2D eigenvalue weighted by Gasteiger charge is -2.25. The summed E-state index contributed by atoms with van der Waals surface area (Å²) in [5.74, 6) is 0.907. The third kappa shape index (κ3) is 5.48. The normalized spacial score (nSPS) is 15.0. The Morgan fingerprint density at radius 3 is 2.57 bits per heavy atom. The number of H-pyrrole nitrogens is 1. The largest absolute Gasteiger partial charge is 0.490 e. The predicted octanol–water partition coefficient (Wildman–Crippen LogP) is 4.95. The molecule has 1 aromatic heterocycles. The van der Waals surface area contributed by atoms with Gasteiger partial charge in [-0.2, -0.15) is 0 Å². The number of piperidine rings is 1. The van der Waals surface area contributed by atoms with Crippen LogP contribution in [0.2, 0.25) is 0 Å². The zero-order valence-corrected chi connectivity index (χ0v) is 18.9. The fourth-order valence-corrected chi connectivity index (χ4v) is 3.89. The third-order valence-electron chi connectivity index (χ3n) is 5.39. The van der Waals surface area contributed by atoms with Gasteiger partial charge >= 0.3 is 5.97 Å². The second kappa shape index (κ2) is 10.7. The summed E-state index contributed by atoms with van der Waals surface area (Å²) in [6.45, 7) is 12.0. The number of esters is 1. The molecule has 1 fully saturated rings. The molecule has 0 atom stereocenters. The first kappa shape index (κ1) is 22.5. The molecule has 0 radical (unpaired) electrons. The molecule has 6 nitrogen and oxygen atoms in total. The van der Waals surface area contributed by atoms with Gasteiger partial charge in [-0.15, -0.1) is 0 Å². The number of ether oxygens (including phenoxy) is 3. The summed E-state index contributed by atoms with van der Waals surface area (Å²) in [5.41, 5.74) is 2.37. The van der Waals surface area contributed by atoms with E-state index < -0.39 is 0 Å². The second-order valence-corrected chi connectivity index (χ2v) is 8.25. The van der Waals surface area contributed by atoms with Crippen LogP contribution in [0, 0.1) is 0 Å². The number of benzene rings is 1. The molecule has 0 amide bonds. The number of likely N-dealkylation sites (tertiary alicyclic amines) is 1. The van der Waals surface area contributed by atoms with Crippen molar-refractivity contribution in [3.63, 3.8) is 0 Å². The van der Waals surface area contributed by atoms with Crippen LogP contribution in [0.1, 0.15) is 69.4 Å². The van der Waals surface area contributed by atoms with Gasteiger partial charge in [0.2, 0.25) is 0 Å². The smallest absolute Gasteiger partial charge is 0.358 e. The van der Waals surface area contributed by atoms with Gasteiger partial charge in [-0.1, -0.05) is 20.3 Å². The number of aryl methyl sites for hydroxylation is 1. The van der Waals surface area contributed by atoms with Gasteiger partial charge in [-0.25, -0.2) is 4.79 Å². The Labute approximate surface area is 179 Å². The number of hydrogen-bond donors (Lipinski definition) is 1. The molecule has 0 spiro atoms. The van der Waals surface area contributed by atoms with Gasteiger partial charge in [0, 0.05) is 6.54 Å². The highest BCUT2D eigenvalue weighted by atomic mass is 16.5. The van der Waals surface area contributed by atoms with Crippen molar-refractivity contribution in [1.29, 1.82) is 0 Å². The highest BCUT2D eigenvalue weighted by Gasteiger charge is 2.24. The average Bonchev–Trinajstić information content (AvgIpc) is 3.11. The Morgan fingerprint density at radius 2 is 1.90 bits per heavy atom. The third-order valence-corrected chi connectivity index (χ3v) is 5.39. The molecule has 3 rings (SSSR count). The Hall–Kier alpha value is -2.21. The van der Waals surface area contributed by atoms with E-state index in [0.29, 0.717) is 24.7 Å². The van der Waals surface area contributed by atoms with Gasteiger partial charge in [0.1, 0.15) is 12.4 Å².